The van der Waals surface area contributed by atoms with Crippen LogP contribution in [0.4, 0.5) is 0 Å². The Bertz CT molecular complexity index is 371. The summed E-state index contributed by atoms with van der Waals surface area (Å²) in [6.45, 7) is 1.81. The molecule has 0 unspecified atom stereocenters. The third-order valence-electron chi connectivity index (χ3n) is 1.76. The fraction of sp³-hybridized carbons (Fsp3) is 0.333. The largest absolute Gasteiger partial charge is 0.399 e. The molecule has 0 aliphatic carbocycles. The molecule has 0 aromatic carbocycles. The van der Waals surface area contributed by atoms with E-state index < -0.39 is 0 Å². The Morgan fingerprint density at radius 2 is 2.38 bits per heavy atom. The number of oxime groups is 1. The van der Waals surface area contributed by atoms with E-state index >= 15 is 0 Å². The average molecular weight is 177 g/mol. The zero-order chi connectivity index (χ0) is 9.84. The molecule has 0 spiro atoms. The summed E-state index contributed by atoms with van der Waals surface area (Å²) in [7, 11) is 3.35. The van der Waals surface area contributed by atoms with Crippen LogP contribution in [0.1, 0.15) is 18.2 Å². The van der Waals surface area contributed by atoms with Crippen LogP contribution < -0.4 is 0 Å². The van der Waals surface area contributed by atoms with E-state index in [1.807, 2.05) is 17.8 Å². The maximum atomic E-state index is 8.79. The summed E-state index contributed by atoms with van der Waals surface area (Å²) in [6.07, 6.45) is 1.82. The molecule has 0 saturated heterocycles. The minimum absolute atomic E-state index is 0.612. The Labute approximate surface area is 77.0 Å². The summed E-state index contributed by atoms with van der Waals surface area (Å²) in [5.74, 6) is 0. The van der Waals surface area contributed by atoms with E-state index in [0.29, 0.717) is 11.3 Å². The van der Waals surface area contributed by atoms with Crippen LogP contribution in [0.2, 0.25) is 0 Å². The molecule has 0 saturated carbocycles. The maximum Gasteiger partial charge on any atom is 0.106 e. The zero-order valence-electron chi connectivity index (χ0n) is 7.90. The summed E-state index contributed by atoms with van der Waals surface area (Å²) >= 11 is 0. The molecule has 0 aliphatic rings. The summed E-state index contributed by atoms with van der Waals surface area (Å²) < 4.78 is 1.84. The predicted octanol–water partition coefficient (Wildman–Crippen LogP) is 1.27. The quantitative estimate of drug-likeness (QED) is 0.504. The number of rotatable bonds is 2. The first-order valence-electron chi connectivity index (χ1n) is 3.84. The highest BCUT2D eigenvalue weighted by atomic mass is 16.6. The molecule has 0 amide bonds. The lowest BCUT2D eigenvalue weighted by atomic mass is 10.2. The number of hydrogen-bond acceptors (Lipinski definition) is 3. The summed E-state index contributed by atoms with van der Waals surface area (Å²) in [5, 5.41) is 12.6. The third kappa shape index (κ3) is 1.70. The molecular formula is C9H11N3O. The molecule has 68 valence electrons. The minimum atomic E-state index is 0.612. The summed E-state index contributed by atoms with van der Waals surface area (Å²) in [4.78, 5) is 4.65. The Kier molecular flexibility index (Phi) is 2.70. The SMILES string of the molecule is CON=C(C)c1c(C#N)ccn1C. The van der Waals surface area contributed by atoms with Gasteiger partial charge in [0.15, 0.2) is 0 Å². The minimum Gasteiger partial charge on any atom is -0.399 e. The standard InChI is InChI=1S/C9H11N3O/c1-7(11-13-3)9-8(6-10)4-5-12(9)2/h4-5H,1-3H3. The Morgan fingerprint density at radius 3 is 2.92 bits per heavy atom. The monoisotopic (exact) mass is 177 g/mol. The molecule has 1 heterocycles. The molecule has 0 atom stereocenters. The molecule has 0 bridgehead atoms. The molecule has 13 heavy (non-hydrogen) atoms. The van der Waals surface area contributed by atoms with E-state index in [1.165, 1.54) is 7.11 Å². The van der Waals surface area contributed by atoms with E-state index in [4.69, 9.17) is 5.26 Å². The van der Waals surface area contributed by atoms with Crippen molar-refractivity contribution in [2.45, 2.75) is 6.92 Å². The van der Waals surface area contributed by atoms with Gasteiger partial charge in [-0.25, -0.2) is 0 Å². The van der Waals surface area contributed by atoms with Crippen LogP contribution in [-0.4, -0.2) is 17.4 Å². The van der Waals surface area contributed by atoms with E-state index in [0.717, 1.165) is 5.69 Å². The van der Waals surface area contributed by atoms with Gasteiger partial charge in [0.25, 0.3) is 0 Å². The van der Waals surface area contributed by atoms with Crippen LogP contribution in [0.15, 0.2) is 17.4 Å². The van der Waals surface area contributed by atoms with Crippen LogP contribution in [0.25, 0.3) is 0 Å². The highest BCUT2D eigenvalue weighted by Gasteiger charge is 2.09. The second-order valence-electron chi connectivity index (χ2n) is 2.66. The number of nitriles is 1. The van der Waals surface area contributed by atoms with Crippen molar-refractivity contribution in [2.75, 3.05) is 7.11 Å². The number of aryl methyl sites for hydroxylation is 1. The van der Waals surface area contributed by atoms with Crippen LogP contribution >= 0.6 is 0 Å². The highest BCUT2D eigenvalue weighted by Crippen LogP contribution is 2.09. The van der Waals surface area contributed by atoms with Crippen LogP contribution in [-0.2, 0) is 11.9 Å². The molecule has 4 heteroatoms. The zero-order valence-corrected chi connectivity index (χ0v) is 7.90. The van der Waals surface area contributed by atoms with Crippen LogP contribution in [0.5, 0.6) is 0 Å². The maximum absolute atomic E-state index is 8.79. The lowest BCUT2D eigenvalue weighted by Crippen LogP contribution is -2.04. The lowest BCUT2D eigenvalue weighted by molar-refractivity contribution is 0.213. The van der Waals surface area contributed by atoms with Crippen molar-refractivity contribution >= 4 is 5.71 Å². The first kappa shape index (κ1) is 9.33. The van der Waals surface area contributed by atoms with E-state index in [1.54, 1.807) is 13.0 Å². The van der Waals surface area contributed by atoms with Gasteiger partial charge in [0, 0.05) is 13.2 Å². The van der Waals surface area contributed by atoms with Gasteiger partial charge in [0.1, 0.15) is 18.9 Å². The Hall–Kier alpha value is -1.76. The Morgan fingerprint density at radius 1 is 1.69 bits per heavy atom. The van der Waals surface area contributed by atoms with Gasteiger partial charge < -0.3 is 9.40 Å². The summed E-state index contributed by atoms with van der Waals surface area (Å²) in [6, 6.07) is 3.85. The Balaban J connectivity index is 3.20. The van der Waals surface area contributed by atoms with Crippen molar-refractivity contribution in [1.82, 2.24) is 4.57 Å². The summed E-state index contributed by atoms with van der Waals surface area (Å²) in [5.41, 5.74) is 2.11. The fourth-order valence-corrected chi connectivity index (χ4v) is 1.25. The normalized spacial score (nSPS) is 11.1. The molecule has 4 nitrogen and oxygen atoms in total. The van der Waals surface area contributed by atoms with Crippen molar-refractivity contribution in [3.05, 3.63) is 23.5 Å². The van der Waals surface area contributed by atoms with Gasteiger partial charge >= 0.3 is 0 Å². The second-order valence-corrected chi connectivity index (χ2v) is 2.66. The molecule has 0 aliphatic heterocycles. The van der Waals surface area contributed by atoms with Gasteiger partial charge in [0.2, 0.25) is 0 Å². The van der Waals surface area contributed by atoms with Crippen molar-refractivity contribution < 1.29 is 4.84 Å². The van der Waals surface area contributed by atoms with Gasteiger partial charge in [-0.15, -0.1) is 0 Å². The van der Waals surface area contributed by atoms with E-state index in [2.05, 4.69) is 16.1 Å². The fourth-order valence-electron chi connectivity index (χ4n) is 1.25. The number of aromatic nitrogens is 1. The van der Waals surface area contributed by atoms with Crippen molar-refractivity contribution in [3.8, 4) is 6.07 Å². The first-order chi connectivity index (χ1) is 6.20. The van der Waals surface area contributed by atoms with Gasteiger partial charge in [-0.2, -0.15) is 5.26 Å². The first-order valence-corrected chi connectivity index (χ1v) is 3.84. The van der Waals surface area contributed by atoms with Crippen molar-refractivity contribution in [1.29, 1.82) is 5.26 Å². The molecule has 1 aromatic rings. The molecule has 1 aromatic heterocycles. The molecule has 0 fully saturated rings. The second kappa shape index (κ2) is 3.76. The molecule has 0 radical (unpaired) electrons. The number of hydrogen-bond donors (Lipinski definition) is 0. The van der Waals surface area contributed by atoms with E-state index in [-0.39, 0.29) is 0 Å². The van der Waals surface area contributed by atoms with Crippen LogP contribution in [0.3, 0.4) is 0 Å². The number of nitrogens with zero attached hydrogens (tertiary/aromatic N) is 3. The average Bonchev–Trinajstić information content (AvgIpc) is 2.47. The van der Waals surface area contributed by atoms with Gasteiger partial charge in [0.05, 0.1) is 11.3 Å². The van der Waals surface area contributed by atoms with Crippen molar-refractivity contribution in [2.24, 2.45) is 12.2 Å². The molecule has 1 rings (SSSR count). The van der Waals surface area contributed by atoms with Crippen LogP contribution in [0, 0.1) is 11.3 Å². The topological polar surface area (TPSA) is 50.3 Å². The third-order valence-corrected chi connectivity index (χ3v) is 1.76. The van der Waals surface area contributed by atoms with Crippen molar-refractivity contribution in [3.63, 3.8) is 0 Å². The molecular weight excluding hydrogens is 166 g/mol. The van der Waals surface area contributed by atoms with Gasteiger partial charge in [-0.05, 0) is 13.0 Å². The van der Waals surface area contributed by atoms with Gasteiger partial charge in [-0.3, -0.25) is 0 Å². The lowest BCUT2D eigenvalue weighted by Gasteiger charge is -2.01. The predicted molar refractivity (Wildman–Crippen MR) is 49.3 cm³/mol. The molecule has 0 N–H and O–H groups in total. The smallest absolute Gasteiger partial charge is 0.106 e. The van der Waals surface area contributed by atoms with E-state index in [9.17, 15) is 0 Å². The van der Waals surface area contributed by atoms with Gasteiger partial charge in [-0.1, -0.05) is 5.16 Å². The highest BCUT2D eigenvalue weighted by molar-refractivity contribution is 5.99.